The van der Waals surface area contributed by atoms with Crippen LogP contribution in [-0.4, -0.2) is 72.3 Å². The summed E-state index contributed by atoms with van der Waals surface area (Å²) in [7, 11) is 1.18. The molecule has 2 unspecified atom stereocenters. The number of methoxy groups -OCH3 is 1. The van der Waals surface area contributed by atoms with Crippen molar-refractivity contribution in [2.24, 2.45) is 5.92 Å². The smallest absolute Gasteiger partial charge is 0.408 e. The van der Waals surface area contributed by atoms with Gasteiger partial charge in [-0.3, -0.25) is 14.4 Å². The predicted molar refractivity (Wildman–Crippen MR) is 129 cm³/mol. The number of benzene rings is 1. The number of alkyl carbamates (subject to hydrolysis) is 1. The number of aliphatic hydroxyl groups excluding tert-OH is 1. The van der Waals surface area contributed by atoms with Crippen molar-refractivity contribution >= 4 is 23.9 Å². The average molecular weight is 490 g/mol. The minimum Gasteiger partial charge on any atom is -0.468 e. The third-order valence-corrected chi connectivity index (χ3v) is 4.83. The van der Waals surface area contributed by atoms with Gasteiger partial charge in [0.15, 0.2) is 0 Å². The van der Waals surface area contributed by atoms with Crippen LogP contribution < -0.4 is 10.6 Å². The van der Waals surface area contributed by atoms with Crippen molar-refractivity contribution in [3.63, 3.8) is 0 Å². The van der Waals surface area contributed by atoms with Crippen molar-refractivity contribution < 1.29 is 33.8 Å². The van der Waals surface area contributed by atoms with Crippen LogP contribution in [0.5, 0.6) is 0 Å². The molecule has 1 rings (SSSR count). The van der Waals surface area contributed by atoms with Gasteiger partial charge < -0.3 is 30.1 Å². The lowest BCUT2D eigenvalue weighted by Crippen LogP contribution is -2.55. The van der Waals surface area contributed by atoms with Gasteiger partial charge in [0.25, 0.3) is 0 Å². The molecule has 3 amide bonds. The van der Waals surface area contributed by atoms with Gasteiger partial charge in [-0.1, -0.05) is 38.0 Å². The van der Waals surface area contributed by atoms with Crippen LogP contribution in [0.4, 0.5) is 4.79 Å². The summed E-state index contributed by atoms with van der Waals surface area (Å²) in [4.78, 5) is 52.2. The Bertz CT molecular complexity index is 947. The van der Waals surface area contributed by atoms with Gasteiger partial charge in [-0.15, -0.1) is 6.42 Å². The second-order valence-corrected chi connectivity index (χ2v) is 9.05. The lowest BCUT2D eigenvalue weighted by atomic mass is 9.96. The van der Waals surface area contributed by atoms with E-state index in [1.54, 1.807) is 58.9 Å². The van der Waals surface area contributed by atoms with Crippen molar-refractivity contribution in [3.8, 4) is 12.3 Å². The minimum absolute atomic E-state index is 0.243. The lowest BCUT2D eigenvalue weighted by molar-refractivity contribution is -0.145. The normalized spacial score (nSPS) is 12.7. The first-order valence-corrected chi connectivity index (χ1v) is 11.2. The lowest BCUT2D eigenvalue weighted by Gasteiger charge is -2.35. The summed E-state index contributed by atoms with van der Waals surface area (Å²) in [5, 5.41) is 14.8. The molecule has 192 valence electrons. The van der Waals surface area contributed by atoms with E-state index in [1.807, 2.05) is 0 Å². The highest BCUT2D eigenvalue weighted by Crippen LogP contribution is 2.26. The van der Waals surface area contributed by atoms with Gasteiger partial charge in [0.1, 0.15) is 24.2 Å². The van der Waals surface area contributed by atoms with E-state index in [2.05, 4.69) is 21.3 Å². The zero-order chi connectivity index (χ0) is 26.8. The summed E-state index contributed by atoms with van der Waals surface area (Å²) >= 11 is 0. The van der Waals surface area contributed by atoms with Crippen molar-refractivity contribution in [3.05, 3.63) is 35.4 Å². The van der Waals surface area contributed by atoms with Gasteiger partial charge in [-0.05, 0) is 38.3 Å². The van der Waals surface area contributed by atoms with E-state index < -0.39 is 60.6 Å². The van der Waals surface area contributed by atoms with Crippen molar-refractivity contribution in [1.82, 2.24) is 15.5 Å². The number of carbonyl (C=O) groups is 4. The SMILES string of the molecule is C#Cc1ccccc1C(C(=O)NCC(=O)OC)N(CCO)C(=O)C(NC(=O)OC(C)(C)C)C(C)C. The monoisotopic (exact) mass is 489 g/mol. The molecule has 10 heteroatoms. The van der Waals surface area contributed by atoms with Crippen molar-refractivity contribution in [2.75, 3.05) is 26.8 Å². The Balaban J connectivity index is 3.48. The maximum absolute atomic E-state index is 13.7. The molecule has 0 saturated heterocycles. The molecule has 0 spiro atoms. The number of carbonyl (C=O) groups excluding carboxylic acids is 4. The molecule has 2 atom stereocenters. The van der Waals surface area contributed by atoms with Gasteiger partial charge in [0.05, 0.1) is 13.7 Å². The Morgan fingerprint density at radius 3 is 2.31 bits per heavy atom. The number of rotatable bonds is 10. The third-order valence-electron chi connectivity index (χ3n) is 4.83. The van der Waals surface area contributed by atoms with Crippen LogP contribution in [0.2, 0.25) is 0 Å². The van der Waals surface area contributed by atoms with E-state index in [9.17, 15) is 24.3 Å². The molecule has 1 aromatic rings. The number of esters is 1. The van der Waals surface area contributed by atoms with Crippen LogP contribution in [0.25, 0.3) is 0 Å². The van der Waals surface area contributed by atoms with E-state index in [1.165, 1.54) is 7.11 Å². The Hall–Kier alpha value is -3.58. The van der Waals surface area contributed by atoms with Crippen molar-refractivity contribution in [1.29, 1.82) is 0 Å². The first kappa shape index (κ1) is 29.5. The van der Waals surface area contributed by atoms with Gasteiger partial charge in [0.2, 0.25) is 11.8 Å². The maximum Gasteiger partial charge on any atom is 0.408 e. The van der Waals surface area contributed by atoms with Crippen LogP contribution in [0.1, 0.15) is 51.8 Å². The number of aliphatic hydroxyl groups is 1. The summed E-state index contributed by atoms with van der Waals surface area (Å²) in [6, 6.07) is 4.15. The summed E-state index contributed by atoms with van der Waals surface area (Å²) in [6.07, 6.45) is 4.83. The van der Waals surface area contributed by atoms with Crippen LogP contribution in [0.15, 0.2) is 24.3 Å². The van der Waals surface area contributed by atoms with Crippen LogP contribution >= 0.6 is 0 Å². The number of nitrogens with one attached hydrogen (secondary N) is 2. The molecule has 0 aromatic heterocycles. The fourth-order valence-corrected chi connectivity index (χ4v) is 3.25. The van der Waals surface area contributed by atoms with Crippen molar-refractivity contribution in [2.45, 2.75) is 52.3 Å². The molecule has 10 nitrogen and oxygen atoms in total. The summed E-state index contributed by atoms with van der Waals surface area (Å²) in [5.74, 6) is 0.0711. The number of nitrogens with zero attached hydrogens (tertiary/aromatic N) is 1. The molecular formula is C25H35N3O7. The molecule has 0 aliphatic heterocycles. The van der Waals surface area contributed by atoms with Gasteiger partial charge in [-0.25, -0.2) is 4.79 Å². The van der Waals surface area contributed by atoms with E-state index in [0.29, 0.717) is 11.1 Å². The first-order chi connectivity index (χ1) is 16.4. The summed E-state index contributed by atoms with van der Waals surface area (Å²) in [5.41, 5.74) is -0.122. The molecular weight excluding hydrogens is 454 g/mol. The predicted octanol–water partition coefficient (Wildman–Crippen LogP) is 1.37. The molecule has 0 fully saturated rings. The van der Waals surface area contributed by atoms with Crippen LogP contribution in [0, 0.1) is 18.3 Å². The molecule has 3 N–H and O–H groups in total. The third kappa shape index (κ3) is 8.94. The molecule has 0 aliphatic rings. The van der Waals surface area contributed by atoms with Gasteiger partial charge in [-0.2, -0.15) is 0 Å². The Morgan fingerprint density at radius 2 is 1.80 bits per heavy atom. The number of terminal acetylenes is 1. The molecule has 0 bridgehead atoms. The highest BCUT2D eigenvalue weighted by molar-refractivity contribution is 5.93. The molecule has 35 heavy (non-hydrogen) atoms. The van der Waals surface area contributed by atoms with Crippen LogP contribution in [0.3, 0.4) is 0 Å². The topological polar surface area (TPSA) is 134 Å². The second kappa shape index (κ2) is 13.3. The zero-order valence-corrected chi connectivity index (χ0v) is 21.1. The number of hydrogen-bond acceptors (Lipinski definition) is 7. The molecule has 0 heterocycles. The standard InChI is InChI=1S/C25H35N3O7/c1-8-17-11-9-10-12-18(17)21(22(31)26-15-19(30)34-7)28(13-14-29)23(32)20(16(2)3)27-24(33)35-25(4,5)6/h1,9-12,16,20-21,29H,13-15H2,2-7H3,(H,26,31)(H,27,33). The van der Waals surface area contributed by atoms with Gasteiger partial charge in [0, 0.05) is 12.1 Å². The highest BCUT2D eigenvalue weighted by atomic mass is 16.6. The first-order valence-electron chi connectivity index (χ1n) is 11.2. The van der Waals surface area contributed by atoms with E-state index in [0.717, 1.165) is 4.90 Å². The fourth-order valence-electron chi connectivity index (χ4n) is 3.25. The number of hydrogen-bond donors (Lipinski definition) is 3. The fraction of sp³-hybridized carbons (Fsp3) is 0.520. The molecule has 0 radical (unpaired) electrons. The molecule has 1 aromatic carbocycles. The second-order valence-electron chi connectivity index (χ2n) is 9.05. The Morgan fingerprint density at radius 1 is 1.17 bits per heavy atom. The minimum atomic E-state index is -1.30. The van der Waals surface area contributed by atoms with E-state index >= 15 is 0 Å². The summed E-state index contributed by atoms with van der Waals surface area (Å²) < 4.78 is 9.86. The Kier molecular flexibility index (Phi) is 11.2. The Labute approximate surface area is 206 Å². The number of ether oxygens (including phenoxy) is 2. The van der Waals surface area contributed by atoms with Crippen LogP contribution in [-0.2, 0) is 23.9 Å². The number of amides is 3. The van der Waals surface area contributed by atoms with E-state index in [4.69, 9.17) is 11.2 Å². The quantitative estimate of drug-likeness (QED) is 0.334. The molecule has 0 aliphatic carbocycles. The average Bonchev–Trinajstić information content (AvgIpc) is 2.79. The molecule has 0 saturated carbocycles. The van der Waals surface area contributed by atoms with E-state index in [-0.39, 0.29) is 6.54 Å². The van der Waals surface area contributed by atoms with Gasteiger partial charge >= 0.3 is 12.1 Å². The highest BCUT2D eigenvalue weighted by Gasteiger charge is 2.38. The summed E-state index contributed by atoms with van der Waals surface area (Å²) in [6.45, 7) is 7.36. The zero-order valence-electron chi connectivity index (χ0n) is 21.1. The maximum atomic E-state index is 13.7. The largest absolute Gasteiger partial charge is 0.468 e.